The van der Waals surface area contributed by atoms with Gasteiger partial charge in [-0.1, -0.05) is 0 Å². The lowest BCUT2D eigenvalue weighted by atomic mass is 10.1. The van der Waals surface area contributed by atoms with E-state index in [9.17, 15) is 23.7 Å². The van der Waals surface area contributed by atoms with Gasteiger partial charge in [-0.2, -0.15) is 4.39 Å². The summed E-state index contributed by atoms with van der Waals surface area (Å²) in [5, 5.41) is 12.8. The summed E-state index contributed by atoms with van der Waals surface area (Å²) >= 11 is 0. The van der Waals surface area contributed by atoms with Gasteiger partial charge in [0, 0.05) is 14.2 Å². The van der Waals surface area contributed by atoms with E-state index in [0.717, 1.165) is 0 Å². The maximum Gasteiger partial charge on any atom is 0.307 e. The van der Waals surface area contributed by atoms with Crippen molar-refractivity contribution in [3.63, 3.8) is 0 Å². The number of methoxy groups -OCH3 is 2. The zero-order valence-electron chi connectivity index (χ0n) is 11.6. The number of carbonyl (C=O) groups is 1. The van der Waals surface area contributed by atoms with Crippen LogP contribution in [0.15, 0.2) is 12.1 Å². The first-order valence-electron chi connectivity index (χ1n) is 5.81. The smallest absolute Gasteiger partial charge is 0.307 e. The van der Waals surface area contributed by atoms with Crippen molar-refractivity contribution in [1.82, 2.24) is 5.32 Å². The Morgan fingerprint density at radius 1 is 1.29 bits per heavy atom. The molecule has 116 valence electrons. The molecule has 0 fully saturated rings. The summed E-state index contributed by atoms with van der Waals surface area (Å²) in [7, 11) is 2.70. The summed E-state index contributed by atoms with van der Waals surface area (Å²) in [5.74, 6) is -3.43. The van der Waals surface area contributed by atoms with Crippen molar-refractivity contribution in [2.75, 3.05) is 14.2 Å². The Morgan fingerprint density at radius 2 is 1.86 bits per heavy atom. The summed E-state index contributed by atoms with van der Waals surface area (Å²) in [5.41, 5.74) is -1.68. The van der Waals surface area contributed by atoms with Crippen molar-refractivity contribution in [2.45, 2.75) is 19.3 Å². The Morgan fingerprint density at radius 3 is 2.33 bits per heavy atom. The summed E-state index contributed by atoms with van der Waals surface area (Å²) in [6.45, 7) is 1.54. The van der Waals surface area contributed by atoms with Gasteiger partial charge >= 0.3 is 5.69 Å². The number of hydrogen-bond acceptors (Lipinski definition) is 5. The highest BCUT2D eigenvalue weighted by atomic mass is 19.1. The Hall–Kier alpha value is -2.13. The van der Waals surface area contributed by atoms with Crippen molar-refractivity contribution in [3.8, 4) is 0 Å². The van der Waals surface area contributed by atoms with Crippen LogP contribution in [0.4, 0.5) is 14.5 Å². The summed E-state index contributed by atoms with van der Waals surface area (Å²) in [6, 6.07) is 0.188. The molecule has 1 unspecified atom stereocenters. The zero-order chi connectivity index (χ0) is 16.2. The molecule has 1 aromatic rings. The quantitative estimate of drug-likeness (QED) is 0.490. The van der Waals surface area contributed by atoms with E-state index in [1.807, 2.05) is 0 Å². The summed E-state index contributed by atoms with van der Waals surface area (Å²) in [4.78, 5) is 21.2. The first-order valence-corrected chi connectivity index (χ1v) is 5.81. The lowest BCUT2D eigenvalue weighted by molar-refractivity contribution is -0.387. The molecule has 1 rings (SSSR count). The maximum atomic E-state index is 13.7. The van der Waals surface area contributed by atoms with E-state index in [1.54, 1.807) is 0 Å². The molecule has 0 saturated carbocycles. The standard InChI is InChI=1S/C12H14F2N2O5/c1-6(12(20-2)21-3)15-11(17)7-4-9(14)10(16(18)19)5-8(7)13/h4-6,12H,1-3H3,(H,15,17). The Labute approximate surface area is 119 Å². The predicted octanol–water partition coefficient (Wildman–Crippen LogP) is 1.61. The molecular weight excluding hydrogens is 290 g/mol. The van der Waals surface area contributed by atoms with Crippen LogP contribution in [0.25, 0.3) is 0 Å². The fourth-order valence-corrected chi connectivity index (χ4v) is 1.71. The van der Waals surface area contributed by atoms with E-state index < -0.39 is 46.0 Å². The van der Waals surface area contributed by atoms with Crippen molar-refractivity contribution in [1.29, 1.82) is 0 Å². The number of ether oxygens (including phenoxy) is 2. The number of nitrogens with zero attached hydrogens (tertiary/aromatic N) is 1. The molecule has 0 saturated heterocycles. The number of amides is 1. The van der Waals surface area contributed by atoms with Gasteiger partial charge in [-0.25, -0.2) is 4.39 Å². The second kappa shape index (κ2) is 7.04. The molecule has 21 heavy (non-hydrogen) atoms. The Bertz CT molecular complexity index is 549. The van der Waals surface area contributed by atoms with Crippen LogP contribution in [0.1, 0.15) is 17.3 Å². The Balaban J connectivity index is 2.98. The van der Waals surface area contributed by atoms with Crippen LogP contribution in [-0.2, 0) is 9.47 Å². The number of nitro benzene ring substituents is 1. The highest BCUT2D eigenvalue weighted by Gasteiger charge is 2.24. The zero-order valence-corrected chi connectivity index (χ0v) is 11.6. The second-order valence-electron chi connectivity index (χ2n) is 4.14. The van der Waals surface area contributed by atoms with Gasteiger partial charge in [-0.3, -0.25) is 14.9 Å². The third-order valence-corrected chi connectivity index (χ3v) is 2.71. The van der Waals surface area contributed by atoms with E-state index in [1.165, 1.54) is 21.1 Å². The van der Waals surface area contributed by atoms with Crippen LogP contribution in [0.5, 0.6) is 0 Å². The normalized spacial score (nSPS) is 12.3. The van der Waals surface area contributed by atoms with Gasteiger partial charge < -0.3 is 14.8 Å². The molecule has 0 bridgehead atoms. The van der Waals surface area contributed by atoms with Crippen LogP contribution >= 0.6 is 0 Å². The van der Waals surface area contributed by atoms with Crippen molar-refractivity contribution in [2.24, 2.45) is 0 Å². The molecule has 1 atom stereocenters. The fraction of sp³-hybridized carbons (Fsp3) is 0.417. The first kappa shape index (κ1) is 16.9. The topological polar surface area (TPSA) is 90.7 Å². The van der Waals surface area contributed by atoms with Crippen LogP contribution in [0, 0.1) is 21.7 Å². The van der Waals surface area contributed by atoms with E-state index in [4.69, 9.17) is 9.47 Å². The molecule has 9 heteroatoms. The van der Waals surface area contributed by atoms with Gasteiger partial charge in [-0.15, -0.1) is 0 Å². The van der Waals surface area contributed by atoms with E-state index >= 15 is 0 Å². The third kappa shape index (κ3) is 3.92. The van der Waals surface area contributed by atoms with E-state index in [2.05, 4.69) is 5.32 Å². The molecule has 7 nitrogen and oxygen atoms in total. The average molecular weight is 304 g/mol. The minimum Gasteiger partial charge on any atom is -0.354 e. The van der Waals surface area contributed by atoms with Crippen LogP contribution in [0.3, 0.4) is 0 Å². The molecule has 0 spiro atoms. The maximum absolute atomic E-state index is 13.7. The summed E-state index contributed by atoms with van der Waals surface area (Å²) in [6.07, 6.45) is -0.778. The predicted molar refractivity (Wildman–Crippen MR) is 67.7 cm³/mol. The molecule has 0 aliphatic carbocycles. The van der Waals surface area contributed by atoms with E-state index in [0.29, 0.717) is 12.1 Å². The lowest BCUT2D eigenvalue weighted by Gasteiger charge is -2.22. The molecule has 0 radical (unpaired) electrons. The lowest BCUT2D eigenvalue weighted by Crippen LogP contribution is -2.43. The average Bonchev–Trinajstić information content (AvgIpc) is 2.41. The van der Waals surface area contributed by atoms with Crippen LogP contribution in [0.2, 0.25) is 0 Å². The number of carbonyl (C=O) groups excluding carboxylic acids is 1. The van der Waals surface area contributed by atoms with Crippen molar-refractivity contribution in [3.05, 3.63) is 39.4 Å². The molecule has 0 heterocycles. The van der Waals surface area contributed by atoms with Crippen molar-refractivity contribution >= 4 is 11.6 Å². The highest BCUT2D eigenvalue weighted by Crippen LogP contribution is 2.21. The molecular formula is C12H14F2N2O5. The van der Waals surface area contributed by atoms with Gasteiger partial charge in [0.1, 0.15) is 5.82 Å². The molecule has 0 aliphatic rings. The number of nitro groups is 1. The number of benzene rings is 1. The SMILES string of the molecule is COC(OC)C(C)NC(=O)c1cc(F)c([N+](=O)[O-])cc1F. The number of nitrogens with one attached hydrogen (secondary N) is 1. The summed E-state index contributed by atoms with van der Waals surface area (Å²) < 4.78 is 36.9. The molecule has 1 N–H and O–H groups in total. The second-order valence-corrected chi connectivity index (χ2v) is 4.14. The van der Waals surface area contributed by atoms with Gasteiger partial charge in [0.2, 0.25) is 5.82 Å². The van der Waals surface area contributed by atoms with E-state index in [-0.39, 0.29) is 0 Å². The third-order valence-electron chi connectivity index (χ3n) is 2.71. The Kier molecular flexibility index (Phi) is 5.68. The van der Waals surface area contributed by atoms with Crippen LogP contribution < -0.4 is 5.32 Å². The highest BCUT2D eigenvalue weighted by molar-refractivity contribution is 5.95. The van der Waals surface area contributed by atoms with Crippen molar-refractivity contribution < 1.29 is 28.0 Å². The molecule has 0 aromatic heterocycles. The molecule has 1 aromatic carbocycles. The van der Waals surface area contributed by atoms with Gasteiger partial charge in [-0.05, 0) is 13.0 Å². The van der Waals surface area contributed by atoms with Gasteiger partial charge in [0.05, 0.1) is 22.6 Å². The molecule has 0 aliphatic heterocycles. The first-order chi connectivity index (χ1) is 9.81. The fourth-order valence-electron chi connectivity index (χ4n) is 1.71. The monoisotopic (exact) mass is 304 g/mol. The molecule has 1 amide bonds. The minimum atomic E-state index is -1.30. The minimum absolute atomic E-state index is 0.360. The number of halogens is 2. The number of hydrogen-bond donors (Lipinski definition) is 1. The largest absolute Gasteiger partial charge is 0.354 e. The van der Waals surface area contributed by atoms with Gasteiger partial charge in [0.15, 0.2) is 6.29 Å². The van der Waals surface area contributed by atoms with Crippen LogP contribution in [-0.4, -0.2) is 37.4 Å². The van der Waals surface area contributed by atoms with Gasteiger partial charge in [0.25, 0.3) is 5.91 Å². The number of rotatable bonds is 6.